The van der Waals surface area contributed by atoms with Crippen molar-refractivity contribution in [3.63, 3.8) is 0 Å². The van der Waals surface area contributed by atoms with Crippen molar-refractivity contribution in [3.05, 3.63) is 35.1 Å². The van der Waals surface area contributed by atoms with Crippen molar-refractivity contribution in [3.8, 4) is 0 Å². The monoisotopic (exact) mass is 415 g/mol. The van der Waals surface area contributed by atoms with Gasteiger partial charge in [-0.05, 0) is 45.0 Å². The summed E-state index contributed by atoms with van der Waals surface area (Å²) in [6.07, 6.45) is 2.05. The summed E-state index contributed by atoms with van der Waals surface area (Å²) in [6.45, 7) is 3.82. The zero-order chi connectivity index (χ0) is 17.8. The first-order valence-corrected chi connectivity index (χ1v) is 9.64. The third-order valence-electron chi connectivity index (χ3n) is 4.23. The van der Waals surface area contributed by atoms with Crippen LogP contribution in [0.2, 0.25) is 5.02 Å². The Kier molecular flexibility index (Phi) is 7.76. The number of halogens is 2. The summed E-state index contributed by atoms with van der Waals surface area (Å²) >= 11 is 7.59. The number of rotatable bonds is 5. The number of thioether (sulfide) groups is 1. The third-order valence-corrected chi connectivity index (χ3v) is 5.85. The molecule has 1 aromatic carbocycles. The number of carbonyl (C=O) groups is 1. The maximum Gasteiger partial charge on any atom is 0.239 e. The molecule has 0 radical (unpaired) electrons. The van der Waals surface area contributed by atoms with Gasteiger partial charge in [0.15, 0.2) is 5.82 Å². The first-order valence-electron chi connectivity index (χ1n) is 8.38. The quantitative estimate of drug-likeness (QED) is 0.731. The number of nitrogens with zero attached hydrogens (tertiary/aromatic N) is 3. The summed E-state index contributed by atoms with van der Waals surface area (Å²) in [4.78, 5) is 17.9. The minimum absolute atomic E-state index is 0. The fraction of sp³-hybridized carbons (Fsp3) is 0.471. The minimum Gasteiger partial charge on any atom is -0.317 e. The van der Waals surface area contributed by atoms with E-state index in [2.05, 4.69) is 20.7 Å². The second-order valence-corrected chi connectivity index (χ2v) is 7.91. The normalized spacial score (nSPS) is 16.0. The van der Waals surface area contributed by atoms with E-state index < -0.39 is 0 Å². The Morgan fingerprint density at radius 2 is 2.08 bits per heavy atom. The van der Waals surface area contributed by atoms with Crippen molar-refractivity contribution in [1.29, 1.82) is 0 Å². The minimum atomic E-state index is -0.293. The van der Waals surface area contributed by atoms with Crippen molar-refractivity contribution >= 4 is 47.6 Å². The molecule has 2 aromatic rings. The van der Waals surface area contributed by atoms with Gasteiger partial charge in [0.25, 0.3) is 0 Å². The van der Waals surface area contributed by atoms with Crippen LogP contribution in [0, 0.1) is 0 Å². The second-order valence-electron chi connectivity index (χ2n) is 6.12. The van der Waals surface area contributed by atoms with Crippen LogP contribution in [0.5, 0.6) is 0 Å². The molecule has 3 rings (SSSR count). The standard InChI is InChI=1S/C17H22ClN5OS.ClH/c1-11(25-14-6-4-3-5-13(14)18)16(24)21-17-20-15(22-23(17)2)12-7-9-19-10-8-12;/h3-6,11-12,19H,7-10H2,1-2H3,(H,20,21,22,24);1H. The fourth-order valence-electron chi connectivity index (χ4n) is 2.76. The molecule has 2 heterocycles. The number of piperidine rings is 1. The van der Waals surface area contributed by atoms with Gasteiger partial charge >= 0.3 is 0 Å². The van der Waals surface area contributed by atoms with Gasteiger partial charge in [-0.1, -0.05) is 23.7 Å². The maximum atomic E-state index is 12.5. The van der Waals surface area contributed by atoms with E-state index in [4.69, 9.17) is 11.6 Å². The number of nitrogens with one attached hydrogen (secondary N) is 2. The summed E-state index contributed by atoms with van der Waals surface area (Å²) in [5.41, 5.74) is 0. The lowest BCUT2D eigenvalue weighted by atomic mass is 9.98. The van der Waals surface area contributed by atoms with Gasteiger partial charge < -0.3 is 5.32 Å². The molecule has 1 aromatic heterocycles. The number of aromatic nitrogens is 3. The van der Waals surface area contributed by atoms with Crippen molar-refractivity contribution in [2.75, 3.05) is 18.4 Å². The molecule has 0 saturated carbocycles. The van der Waals surface area contributed by atoms with E-state index in [0.29, 0.717) is 16.9 Å². The van der Waals surface area contributed by atoms with Crippen LogP contribution in [0.3, 0.4) is 0 Å². The Bertz CT molecular complexity index is 749. The van der Waals surface area contributed by atoms with Crippen molar-refractivity contribution in [2.45, 2.75) is 35.8 Å². The molecule has 1 amide bonds. The van der Waals surface area contributed by atoms with Crippen LogP contribution in [0.1, 0.15) is 31.5 Å². The molecule has 26 heavy (non-hydrogen) atoms. The van der Waals surface area contributed by atoms with Gasteiger partial charge in [0.2, 0.25) is 11.9 Å². The Morgan fingerprint density at radius 1 is 1.38 bits per heavy atom. The lowest BCUT2D eigenvalue weighted by molar-refractivity contribution is -0.115. The van der Waals surface area contributed by atoms with E-state index in [-0.39, 0.29) is 23.6 Å². The number of benzene rings is 1. The molecule has 1 aliphatic rings. The molecule has 142 valence electrons. The molecular weight excluding hydrogens is 393 g/mol. The number of anilines is 1. The first-order chi connectivity index (χ1) is 12.0. The van der Waals surface area contributed by atoms with E-state index >= 15 is 0 Å². The van der Waals surface area contributed by atoms with Crippen LogP contribution >= 0.6 is 35.8 Å². The number of aryl methyl sites for hydroxylation is 1. The summed E-state index contributed by atoms with van der Waals surface area (Å²) in [6, 6.07) is 7.52. The average Bonchev–Trinajstić information content (AvgIpc) is 2.98. The predicted octanol–water partition coefficient (Wildman–Crippen LogP) is 3.48. The lowest BCUT2D eigenvalue weighted by Crippen LogP contribution is -2.27. The Hall–Kier alpha value is -1.28. The first kappa shape index (κ1) is 21.0. The highest BCUT2D eigenvalue weighted by atomic mass is 35.5. The molecule has 0 bridgehead atoms. The Labute approximate surface area is 168 Å². The fourth-order valence-corrected chi connectivity index (χ4v) is 3.92. The molecule has 6 nitrogen and oxygen atoms in total. The van der Waals surface area contributed by atoms with Gasteiger partial charge in [0.05, 0.1) is 10.3 Å². The number of carbonyl (C=O) groups excluding carboxylic acids is 1. The van der Waals surface area contributed by atoms with Gasteiger partial charge in [0, 0.05) is 17.9 Å². The van der Waals surface area contributed by atoms with E-state index in [9.17, 15) is 4.79 Å². The number of amides is 1. The van der Waals surface area contributed by atoms with Gasteiger partial charge in [-0.2, -0.15) is 10.1 Å². The predicted molar refractivity (Wildman–Crippen MR) is 108 cm³/mol. The molecule has 9 heteroatoms. The SMILES string of the molecule is CC(Sc1ccccc1Cl)C(=O)Nc1nc(C2CCNCC2)nn1C.Cl. The molecule has 1 atom stereocenters. The molecule has 2 N–H and O–H groups in total. The molecule has 1 unspecified atom stereocenters. The van der Waals surface area contributed by atoms with Gasteiger partial charge in [-0.3, -0.25) is 10.1 Å². The van der Waals surface area contributed by atoms with Crippen molar-refractivity contribution in [2.24, 2.45) is 7.05 Å². The summed E-state index contributed by atoms with van der Waals surface area (Å²) in [7, 11) is 1.80. The Balaban J connectivity index is 0.00000243. The van der Waals surface area contributed by atoms with Gasteiger partial charge in [-0.15, -0.1) is 24.2 Å². The molecule has 0 spiro atoms. The molecule has 1 fully saturated rings. The van der Waals surface area contributed by atoms with Crippen LogP contribution in [-0.4, -0.2) is 39.0 Å². The summed E-state index contributed by atoms with van der Waals surface area (Å²) < 4.78 is 1.64. The number of hydrogen-bond acceptors (Lipinski definition) is 5. The van der Waals surface area contributed by atoms with Crippen molar-refractivity contribution in [1.82, 2.24) is 20.1 Å². The van der Waals surface area contributed by atoms with E-state index in [1.807, 2.05) is 31.2 Å². The van der Waals surface area contributed by atoms with Gasteiger partial charge in [-0.25, -0.2) is 4.68 Å². The molecule has 1 aliphatic heterocycles. The molecular formula is C17H23Cl2N5OS. The third kappa shape index (κ3) is 5.13. The van der Waals surface area contributed by atoms with E-state index in [1.165, 1.54) is 11.8 Å². The van der Waals surface area contributed by atoms with E-state index in [1.54, 1.807) is 11.7 Å². The zero-order valence-corrected chi connectivity index (χ0v) is 17.1. The van der Waals surface area contributed by atoms with Crippen LogP contribution in [0.4, 0.5) is 5.95 Å². The highest BCUT2D eigenvalue weighted by Crippen LogP contribution is 2.30. The molecule has 1 saturated heterocycles. The van der Waals surface area contributed by atoms with Crippen LogP contribution in [-0.2, 0) is 11.8 Å². The number of hydrogen-bond donors (Lipinski definition) is 2. The largest absolute Gasteiger partial charge is 0.317 e. The van der Waals surface area contributed by atoms with Crippen LogP contribution < -0.4 is 10.6 Å². The highest BCUT2D eigenvalue weighted by Gasteiger charge is 2.23. The Morgan fingerprint density at radius 3 is 2.77 bits per heavy atom. The van der Waals surface area contributed by atoms with Crippen LogP contribution in [0.15, 0.2) is 29.2 Å². The van der Waals surface area contributed by atoms with E-state index in [0.717, 1.165) is 36.7 Å². The van der Waals surface area contributed by atoms with Gasteiger partial charge in [0.1, 0.15) is 0 Å². The highest BCUT2D eigenvalue weighted by molar-refractivity contribution is 8.00. The zero-order valence-electron chi connectivity index (χ0n) is 14.7. The summed E-state index contributed by atoms with van der Waals surface area (Å²) in [5, 5.41) is 11.1. The molecule has 0 aliphatic carbocycles. The average molecular weight is 416 g/mol. The van der Waals surface area contributed by atoms with Crippen molar-refractivity contribution < 1.29 is 4.79 Å². The topological polar surface area (TPSA) is 71.8 Å². The smallest absolute Gasteiger partial charge is 0.239 e. The summed E-state index contributed by atoms with van der Waals surface area (Å²) in [5.74, 6) is 1.54. The maximum absolute atomic E-state index is 12.5. The van der Waals surface area contributed by atoms with Crippen LogP contribution in [0.25, 0.3) is 0 Å². The lowest BCUT2D eigenvalue weighted by Gasteiger charge is -2.19. The second kappa shape index (κ2) is 9.60.